The number of benzene rings is 2. The van der Waals surface area contributed by atoms with Crippen molar-refractivity contribution < 1.29 is 4.74 Å². The lowest BCUT2D eigenvalue weighted by molar-refractivity contribution is 0.284. The van der Waals surface area contributed by atoms with Gasteiger partial charge in [-0.2, -0.15) is 0 Å². The van der Waals surface area contributed by atoms with Crippen LogP contribution < -0.4 is 15.4 Å². The van der Waals surface area contributed by atoms with E-state index in [1.165, 1.54) is 11.3 Å². The van der Waals surface area contributed by atoms with E-state index in [4.69, 9.17) is 10.5 Å². The van der Waals surface area contributed by atoms with Gasteiger partial charge < -0.3 is 15.4 Å². The summed E-state index contributed by atoms with van der Waals surface area (Å²) in [5.74, 6) is 0.993. The average Bonchev–Trinajstić information content (AvgIpc) is 2.53. The Labute approximate surface area is 126 Å². The predicted molar refractivity (Wildman–Crippen MR) is 87.1 cm³/mol. The number of nitrogens with two attached hydrogens (primary N) is 1. The van der Waals surface area contributed by atoms with Crippen LogP contribution in [0.5, 0.6) is 5.75 Å². The first-order valence-electron chi connectivity index (χ1n) is 7.44. The Morgan fingerprint density at radius 1 is 1.10 bits per heavy atom. The predicted octanol–water partition coefficient (Wildman–Crippen LogP) is 3.13. The maximum absolute atomic E-state index is 6.47. The number of ether oxygens (including phenoxy) is 1. The number of anilines is 1. The molecule has 1 atom stereocenters. The molecule has 0 bridgehead atoms. The summed E-state index contributed by atoms with van der Waals surface area (Å²) in [5.41, 5.74) is 11.1. The molecule has 0 aromatic heterocycles. The Bertz CT molecular complexity index is 620. The highest BCUT2D eigenvalue weighted by molar-refractivity contribution is 5.51. The molecule has 0 amide bonds. The van der Waals surface area contributed by atoms with Crippen molar-refractivity contribution in [2.24, 2.45) is 5.73 Å². The molecular weight excluding hydrogens is 260 g/mol. The zero-order chi connectivity index (χ0) is 14.8. The number of rotatable bonds is 3. The first kappa shape index (κ1) is 14.0. The van der Waals surface area contributed by atoms with E-state index in [9.17, 15) is 0 Å². The van der Waals surface area contributed by atoms with Crippen molar-refractivity contribution in [3.05, 3.63) is 59.2 Å². The van der Waals surface area contributed by atoms with E-state index in [0.29, 0.717) is 0 Å². The van der Waals surface area contributed by atoms with Crippen LogP contribution >= 0.6 is 0 Å². The van der Waals surface area contributed by atoms with Gasteiger partial charge in [-0.05, 0) is 36.1 Å². The minimum absolute atomic E-state index is 0.144. The molecule has 2 aromatic carbocycles. The Morgan fingerprint density at radius 2 is 1.86 bits per heavy atom. The molecule has 2 N–H and O–H groups in total. The molecule has 2 aromatic rings. The molecule has 0 spiro atoms. The van der Waals surface area contributed by atoms with Crippen LogP contribution in [-0.4, -0.2) is 20.7 Å². The summed E-state index contributed by atoms with van der Waals surface area (Å²) in [6, 6.07) is 14.6. The van der Waals surface area contributed by atoms with Gasteiger partial charge in [0.25, 0.3) is 0 Å². The zero-order valence-corrected chi connectivity index (χ0v) is 12.7. The standard InChI is InChI=1S/C18H22N2O/c1-20(2)15-10-8-13(9-11-15)17(19)16-7-3-5-14-6-4-12-21-18(14)16/h3,5,7-11,17H,4,6,12,19H2,1-2H3. The van der Waals surface area contributed by atoms with Gasteiger partial charge in [0, 0.05) is 25.3 Å². The van der Waals surface area contributed by atoms with Crippen LogP contribution in [0.15, 0.2) is 42.5 Å². The van der Waals surface area contributed by atoms with Crippen LogP contribution in [-0.2, 0) is 6.42 Å². The number of para-hydroxylation sites is 1. The largest absolute Gasteiger partial charge is 0.493 e. The van der Waals surface area contributed by atoms with E-state index in [1.807, 2.05) is 14.1 Å². The minimum atomic E-state index is -0.144. The van der Waals surface area contributed by atoms with E-state index in [0.717, 1.165) is 36.3 Å². The molecule has 3 rings (SSSR count). The minimum Gasteiger partial charge on any atom is -0.493 e. The van der Waals surface area contributed by atoms with Gasteiger partial charge in [0.15, 0.2) is 0 Å². The van der Waals surface area contributed by atoms with Crippen LogP contribution in [0.3, 0.4) is 0 Å². The summed E-state index contributed by atoms with van der Waals surface area (Å²) in [5, 5.41) is 0. The normalized spacial score (nSPS) is 15.0. The van der Waals surface area contributed by atoms with Gasteiger partial charge in [-0.25, -0.2) is 0 Å². The number of hydrogen-bond donors (Lipinski definition) is 1. The summed E-state index contributed by atoms with van der Waals surface area (Å²) in [7, 11) is 4.08. The highest BCUT2D eigenvalue weighted by Gasteiger charge is 2.19. The van der Waals surface area contributed by atoms with Crippen LogP contribution in [0.25, 0.3) is 0 Å². The van der Waals surface area contributed by atoms with Crippen molar-refractivity contribution in [3.8, 4) is 5.75 Å². The quantitative estimate of drug-likeness (QED) is 0.940. The van der Waals surface area contributed by atoms with Gasteiger partial charge in [-0.3, -0.25) is 0 Å². The fraction of sp³-hybridized carbons (Fsp3) is 0.333. The molecular formula is C18H22N2O. The summed E-state index contributed by atoms with van der Waals surface area (Å²) in [6.07, 6.45) is 2.17. The Balaban J connectivity index is 1.93. The van der Waals surface area contributed by atoms with E-state index in [2.05, 4.69) is 47.4 Å². The highest BCUT2D eigenvalue weighted by atomic mass is 16.5. The first-order valence-corrected chi connectivity index (χ1v) is 7.44. The Hall–Kier alpha value is -2.00. The molecule has 1 aliphatic heterocycles. The zero-order valence-electron chi connectivity index (χ0n) is 12.7. The monoisotopic (exact) mass is 282 g/mol. The first-order chi connectivity index (χ1) is 10.2. The molecule has 0 radical (unpaired) electrons. The fourth-order valence-corrected chi connectivity index (χ4v) is 2.82. The van der Waals surface area contributed by atoms with Gasteiger partial charge in [0.1, 0.15) is 5.75 Å². The Kier molecular flexibility index (Phi) is 3.84. The van der Waals surface area contributed by atoms with E-state index >= 15 is 0 Å². The SMILES string of the molecule is CN(C)c1ccc(C(N)c2cccc3c2OCCC3)cc1. The third-order valence-electron chi connectivity index (χ3n) is 4.07. The number of fused-ring (bicyclic) bond motifs is 1. The molecule has 1 heterocycles. The Morgan fingerprint density at radius 3 is 2.57 bits per heavy atom. The van der Waals surface area contributed by atoms with Gasteiger partial charge in [-0.1, -0.05) is 30.3 Å². The molecule has 1 unspecified atom stereocenters. The molecule has 1 aliphatic rings. The lowest BCUT2D eigenvalue weighted by atomic mass is 9.94. The summed E-state index contributed by atoms with van der Waals surface area (Å²) < 4.78 is 5.87. The van der Waals surface area contributed by atoms with E-state index in [1.54, 1.807) is 0 Å². The van der Waals surface area contributed by atoms with Crippen molar-refractivity contribution >= 4 is 5.69 Å². The van der Waals surface area contributed by atoms with Gasteiger partial charge >= 0.3 is 0 Å². The van der Waals surface area contributed by atoms with Crippen LogP contribution in [0.4, 0.5) is 5.69 Å². The maximum Gasteiger partial charge on any atom is 0.127 e. The third-order valence-corrected chi connectivity index (χ3v) is 4.07. The summed E-state index contributed by atoms with van der Waals surface area (Å²) in [6.45, 7) is 0.788. The molecule has 0 fully saturated rings. The van der Waals surface area contributed by atoms with Crippen LogP contribution in [0, 0.1) is 0 Å². The molecule has 3 nitrogen and oxygen atoms in total. The summed E-state index contributed by atoms with van der Waals surface area (Å²) in [4.78, 5) is 2.09. The lowest BCUT2D eigenvalue weighted by Gasteiger charge is -2.23. The van der Waals surface area contributed by atoms with Crippen molar-refractivity contribution in [2.75, 3.05) is 25.6 Å². The summed E-state index contributed by atoms with van der Waals surface area (Å²) >= 11 is 0. The van der Waals surface area contributed by atoms with Gasteiger partial charge in [0.2, 0.25) is 0 Å². The third kappa shape index (κ3) is 2.74. The van der Waals surface area contributed by atoms with E-state index < -0.39 is 0 Å². The molecule has 21 heavy (non-hydrogen) atoms. The molecule has 110 valence electrons. The van der Waals surface area contributed by atoms with E-state index in [-0.39, 0.29) is 6.04 Å². The second kappa shape index (κ2) is 5.78. The smallest absolute Gasteiger partial charge is 0.127 e. The maximum atomic E-state index is 6.47. The number of aryl methyl sites for hydroxylation is 1. The van der Waals surface area contributed by atoms with Crippen LogP contribution in [0.1, 0.15) is 29.2 Å². The van der Waals surface area contributed by atoms with Crippen molar-refractivity contribution in [2.45, 2.75) is 18.9 Å². The topological polar surface area (TPSA) is 38.5 Å². The van der Waals surface area contributed by atoms with Crippen molar-refractivity contribution in [1.29, 1.82) is 0 Å². The fourth-order valence-electron chi connectivity index (χ4n) is 2.82. The van der Waals surface area contributed by atoms with Gasteiger partial charge in [0.05, 0.1) is 12.6 Å². The highest BCUT2D eigenvalue weighted by Crippen LogP contribution is 2.34. The lowest BCUT2D eigenvalue weighted by Crippen LogP contribution is -2.17. The molecule has 0 saturated carbocycles. The molecule has 3 heteroatoms. The molecule has 0 aliphatic carbocycles. The van der Waals surface area contributed by atoms with Crippen molar-refractivity contribution in [3.63, 3.8) is 0 Å². The average molecular weight is 282 g/mol. The molecule has 0 saturated heterocycles. The number of nitrogens with zero attached hydrogens (tertiary/aromatic N) is 1. The second-order valence-corrected chi connectivity index (χ2v) is 5.75. The second-order valence-electron chi connectivity index (χ2n) is 5.75. The van der Waals surface area contributed by atoms with Crippen molar-refractivity contribution in [1.82, 2.24) is 0 Å². The van der Waals surface area contributed by atoms with Crippen LogP contribution in [0.2, 0.25) is 0 Å². The number of hydrogen-bond acceptors (Lipinski definition) is 3. The van der Waals surface area contributed by atoms with Gasteiger partial charge in [-0.15, -0.1) is 0 Å².